The highest BCUT2D eigenvalue weighted by molar-refractivity contribution is 6.30. The fourth-order valence-corrected chi connectivity index (χ4v) is 5.16. The molecule has 1 amide bonds. The smallest absolute Gasteiger partial charge is 0.222 e. The van der Waals surface area contributed by atoms with Gasteiger partial charge in [-0.05, 0) is 50.0 Å². The maximum atomic E-state index is 12.8. The van der Waals surface area contributed by atoms with E-state index in [2.05, 4.69) is 56.4 Å². The van der Waals surface area contributed by atoms with Crippen LogP contribution in [-0.2, 0) is 4.79 Å². The van der Waals surface area contributed by atoms with E-state index in [0.29, 0.717) is 37.0 Å². The summed E-state index contributed by atoms with van der Waals surface area (Å²) in [5.74, 6) is 1.40. The molecule has 0 bridgehead atoms. The summed E-state index contributed by atoms with van der Waals surface area (Å²) in [5, 5.41) is 1.57. The van der Waals surface area contributed by atoms with Gasteiger partial charge >= 0.3 is 0 Å². The minimum atomic E-state index is 0.0929. The lowest BCUT2D eigenvalue weighted by atomic mass is 10.0. The number of hydrogen-bond donors (Lipinski definition) is 0. The lowest BCUT2D eigenvalue weighted by Crippen LogP contribution is -2.54. The lowest BCUT2D eigenvalue weighted by molar-refractivity contribution is -0.132. The molecule has 0 saturated carbocycles. The van der Waals surface area contributed by atoms with Crippen molar-refractivity contribution in [1.29, 1.82) is 0 Å². The van der Waals surface area contributed by atoms with Crippen LogP contribution in [0.4, 0.5) is 5.82 Å². The molecule has 1 aliphatic rings. The molecule has 8 heteroatoms. The Balaban J connectivity index is 1.79. The Labute approximate surface area is 236 Å². The largest absolute Gasteiger partial charge is 0.350 e. The van der Waals surface area contributed by atoms with Crippen LogP contribution in [0.15, 0.2) is 60.6 Å². The molecule has 1 fully saturated rings. The monoisotopic (exact) mass is 546 g/mol. The lowest BCUT2D eigenvalue weighted by Gasteiger charge is -2.41. The van der Waals surface area contributed by atoms with Crippen LogP contribution in [0.1, 0.15) is 59.4 Å². The van der Waals surface area contributed by atoms with Crippen molar-refractivity contribution in [3.63, 3.8) is 0 Å². The number of piperazine rings is 1. The Kier molecular flexibility index (Phi) is 9.23. The van der Waals surface area contributed by atoms with Gasteiger partial charge in [-0.15, -0.1) is 0 Å². The summed E-state index contributed by atoms with van der Waals surface area (Å²) in [4.78, 5) is 31.2. The number of hydrogen-bond acceptors (Lipinski definition) is 5. The molecule has 1 aromatic carbocycles. The maximum absolute atomic E-state index is 12.8. The molecule has 3 aromatic rings. The molecule has 0 spiro atoms. The molecule has 0 N–H and O–H groups in total. The van der Waals surface area contributed by atoms with Crippen LogP contribution in [-0.4, -0.2) is 56.7 Å². The molecule has 206 valence electrons. The summed E-state index contributed by atoms with van der Waals surface area (Å²) in [7, 11) is 0. The third kappa shape index (κ3) is 6.41. The van der Waals surface area contributed by atoms with Crippen molar-refractivity contribution in [1.82, 2.24) is 19.4 Å². The standard InChI is InChI=1S/C31H39ClN6O/c1-7-8-9-13-33-24(6)23(5)27-19-38(26-12-10-11-25(32)17-26)31-29(27)30(34-20-35-31)37-15-14-36(18-22(37)4)28(39)16-21(2)3/h9-13,17,19-22H,5,7-8,14-16,18H2,1-4,6H3/b13-9-,33-24?. The third-order valence-corrected chi connectivity index (χ3v) is 7.31. The van der Waals surface area contributed by atoms with Crippen LogP contribution in [0.25, 0.3) is 22.3 Å². The van der Waals surface area contributed by atoms with Crippen LogP contribution in [0, 0.1) is 5.92 Å². The molecule has 4 rings (SSSR count). The zero-order valence-corrected chi connectivity index (χ0v) is 24.4. The molecular weight excluding hydrogens is 508 g/mol. The van der Waals surface area contributed by atoms with E-state index < -0.39 is 0 Å². The Morgan fingerprint density at radius 2 is 2.08 bits per heavy atom. The number of nitrogens with zero attached hydrogens (tertiary/aromatic N) is 6. The summed E-state index contributed by atoms with van der Waals surface area (Å²) in [6.07, 6.45) is 10.2. The highest BCUT2D eigenvalue weighted by atomic mass is 35.5. The molecule has 3 heterocycles. The minimum absolute atomic E-state index is 0.0929. The van der Waals surface area contributed by atoms with E-state index in [9.17, 15) is 4.79 Å². The number of halogens is 1. The molecule has 2 aromatic heterocycles. The van der Waals surface area contributed by atoms with Crippen LogP contribution >= 0.6 is 11.6 Å². The average molecular weight is 547 g/mol. The number of rotatable bonds is 9. The van der Waals surface area contributed by atoms with Gasteiger partial charge in [0, 0.05) is 66.5 Å². The first-order valence-corrected chi connectivity index (χ1v) is 14.1. The minimum Gasteiger partial charge on any atom is -0.350 e. The van der Waals surface area contributed by atoms with Gasteiger partial charge in [0.05, 0.1) is 5.39 Å². The predicted octanol–water partition coefficient (Wildman–Crippen LogP) is 6.95. The van der Waals surface area contributed by atoms with Crippen LogP contribution < -0.4 is 4.90 Å². The predicted molar refractivity (Wildman–Crippen MR) is 163 cm³/mol. The number of aromatic nitrogens is 3. The SMILES string of the molecule is C=C(C(C)=N/C=C\CCC)c1cn(-c2cccc(Cl)c2)c2ncnc(N3CCN(C(=O)CC(C)C)CC3C)c12. The number of carbonyl (C=O) groups is 1. The third-order valence-electron chi connectivity index (χ3n) is 7.08. The quantitative estimate of drug-likeness (QED) is 0.272. The summed E-state index contributed by atoms with van der Waals surface area (Å²) in [5.41, 5.74) is 4.26. The molecule has 1 unspecified atom stereocenters. The summed E-state index contributed by atoms with van der Waals surface area (Å²) in [6.45, 7) is 16.9. The first-order chi connectivity index (χ1) is 18.7. The highest BCUT2D eigenvalue weighted by Crippen LogP contribution is 2.36. The molecular formula is C31H39ClN6O. The number of anilines is 1. The number of amides is 1. The molecule has 7 nitrogen and oxygen atoms in total. The van der Waals surface area contributed by atoms with Gasteiger partial charge in [0.1, 0.15) is 12.1 Å². The van der Waals surface area contributed by atoms with Crippen LogP contribution in [0.2, 0.25) is 5.02 Å². The molecule has 1 saturated heterocycles. The van der Waals surface area contributed by atoms with Gasteiger partial charge in [-0.3, -0.25) is 9.79 Å². The maximum Gasteiger partial charge on any atom is 0.222 e. The van der Waals surface area contributed by atoms with Crippen molar-refractivity contribution in [2.75, 3.05) is 24.5 Å². The van der Waals surface area contributed by atoms with Crippen molar-refractivity contribution in [3.05, 3.63) is 66.2 Å². The topological polar surface area (TPSA) is 66.6 Å². The zero-order valence-electron chi connectivity index (χ0n) is 23.7. The highest BCUT2D eigenvalue weighted by Gasteiger charge is 2.30. The number of aliphatic imine (C=N–C) groups is 1. The van der Waals surface area contributed by atoms with Gasteiger partial charge in [-0.2, -0.15) is 0 Å². The normalized spacial score (nSPS) is 16.6. The summed E-state index contributed by atoms with van der Waals surface area (Å²) in [6, 6.07) is 7.82. The van der Waals surface area contributed by atoms with Crippen LogP contribution in [0.5, 0.6) is 0 Å². The van der Waals surface area contributed by atoms with E-state index >= 15 is 0 Å². The number of unbranched alkanes of at least 4 members (excludes halogenated alkanes) is 1. The zero-order chi connectivity index (χ0) is 28.1. The van der Waals surface area contributed by atoms with Gasteiger partial charge in [-0.25, -0.2) is 9.97 Å². The van der Waals surface area contributed by atoms with E-state index in [1.54, 1.807) is 6.33 Å². The van der Waals surface area contributed by atoms with E-state index in [1.807, 2.05) is 46.9 Å². The fourth-order valence-electron chi connectivity index (χ4n) is 4.97. The van der Waals surface area contributed by atoms with E-state index in [-0.39, 0.29) is 11.9 Å². The number of allylic oxidation sites excluding steroid dienone is 2. The summed E-state index contributed by atoms with van der Waals surface area (Å²) < 4.78 is 2.04. The second kappa shape index (κ2) is 12.6. The Hall–Kier alpha value is -3.45. The Morgan fingerprint density at radius 3 is 2.77 bits per heavy atom. The van der Waals surface area contributed by atoms with E-state index in [0.717, 1.165) is 52.2 Å². The molecule has 0 radical (unpaired) electrons. The first kappa shape index (κ1) is 28.6. The molecule has 1 aliphatic heterocycles. The first-order valence-electron chi connectivity index (χ1n) is 13.8. The van der Waals surface area contributed by atoms with Crippen molar-refractivity contribution in [2.45, 2.75) is 59.9 Å². The van der Waals surface area contributed by atoms with Gasteiger partial charge in [0.25, 0.3) is 0 Å². The molecule has 39 heavy (non-hydrogen) atoms. The van der Waals surface area contributed by atoms with Crippen molar-refractivity contribution < 1.29 is 4.79 Å². The van der Waals surface area contributed by atoms with E-state index in [1.165, 1.54) is 0 Å². The van der Waals surface area contributed by atoms with Gasteiger partial charge < -0.3 is 14.4 Å². The Morgan fingerprint density at radius 1 is 1.28 bits per heavy atom. The van der Waals surface area contributed by atoms with Gasteiger partial charge in [0.2, 0.25) is 5.91 Å². The average Bonchev–Trinajstić information content (AvgIpc) is 3.30. The van der Waals surface area contributed by atoms with Crippen molar-refractivity contribution >= 4 is 45.6 Å². The van der Waals surface area contributed by atoms with E-state index in [4.69, 9.17) is 21.6 Å². The molecule has 0 aliphatic carbocycles. The number of carbonyl (C=O) groups excluding carboxylic acids is 1. The second-order valence-corrected chi connectivity index (χ2v) is 11.1. The number of fused-ring (bicyclic) bond motifs is 1. The number of benzene rings is 1. The Bertz CT molecular complexity index is 1410. The molecule has 1 atom stereocenters. The second-order valence-electron chi connectivity index (χ2n) is 10.6. The van der Waals surface area contributed by atoms with Crippen molar-refractivity contribution in [2.24, 2.45) is 10.9 Å². The fraction of sp³-hybridized carbons (Fsp3) is 0.419. The van der Waals surface area contributed by atoms with Crippen molar-refractivity contribution in [3.8, 4) is 5.69 Å². The van der Waals surface area contributed by atoms with Gasteiger partial charge in [-0.1, -0.05) is 57.5 Å². The summed E-state index contributed by atoms with van der Waals surface area (Å²) >= 11 is 6.36. The van der Waals surface area contributed by atoms with Gasteiger partial charge in [0.15, 0.2) is 5.65 Å². The van der Waals surface area contributed by atoms with Crippen LogP contribution in [0.3, 0.4) is 0 Å².